The maximum absolute atomic E-state index is 13.5. The highest BCUT2D eigenvalue weighted by atomic mass is 79.9. The molecule has 0 N–H and O–H groups in total. The van der Waals surface area contributed by atoms with Crippen molar-refractivity contribution in [1.82, 2.24) is 67.4 Å². The highest BCUT2D eigenvalue weighted by Gasteiger charge is 2.28. The molecule has 730 valence electrons. The predicted octanol–water partition coefficient (Wildman–Crippen LogP) is 22.5. The van der Waals surface area contributed by atoms with Crippen molar-refractivity contribution in [2.24, 2.45) is 0 Å². The Hall–Kier alpha value is -16.4. The highest BCUT2D eigenvalue weighted by molar-refractivity contribution is 9.10. The first-order valence-corrected chi connectivity index (χ1v) is 45.7. The zero-order chi connectivity index (χ0) is 99.3. The molecule has 3 amide bonds. The van der Waals surface area contributed by atoms with Gasteiger partial charge < -0.3 is 51.7 Å². The van der Waals surface area contributed by atoms with E-state index in [0.717, 1.165) is 125 Å². The van der Waals surface area contributed by atoms with Crippen molar-refractivity contribution < 1.29 is 47.8 Å². The molecule has 0 atom stereocenters. The summed E-state index contributed by atoms with van der Waals surface area (Å²) in [5.41, 5.74) is 23.4. The van der Waals surface area contributed by atoms with Gasteiger partial charge in [-0.15, -0.1) is 0 Å². The van der Waals surface area contributed by atoms with E-state index in [4.69, 9.17) is 35.3 Å². The number of amides is 3. The lowest BCUT2D eigenvalue weighted by Gasteiger charge is -2.25. The number of hydrogen-bond donors (Lipinski definition) is 0. The highest BCUT2D eigenvalue weighted by Crippen LogP contribution is 2.36. The summed E-state index contributed by atoms with van der Waals surface area (Å²) in [6.45, 7) is 14.8. The predicted molar refractivity (Wildman–Crippen MR) is 570 cm³/mol. The molecule has 0 radical (unpaired) electrons. The molecular formula is C111H110Br3N19O10. The monoisotopic (exact) mass is 2110 g/mol. The second-order valence-electron chi connectivity index (χ2n) is 32.1. The van der Waals surface area contributed by atoms with Gasteiger partial charge in [-0.05, 0) is 264 Å². The summed E-state index contributed by atoms with van der Waals surface area (Å²) in [6.07, 6.45) is 10.4. The van der Waals surface area contributed by atoms with Gasteiger partial charge >= 0.3 is 18.3 Å². The lowest BCUT2D eigenvalue weighted by molar-refractivity contribution is 0.0914. The summed E-state index contributed by atoms with van der Waals surface area (Å²) in [4.78, 5) is 113. The van der Waals surface area contributed by atoms with Crippen molar-refractivity contribution in [1.29, 1.82) is 26.3 Å². The normalized spacial score (nSPS) is 10.8. The second kappa shape index (κ2) is 52.0. The zero-order valence-corrected chi connectivity index (χ0v) is 82.4. The molecule has 143 heavy (non-hydrogen) atoms. The van der Waals surface area contributed by atoms with E-state index in [0.29, 0.717) is 95.4 Å². The number of pyridine rings is 5. The molecule has 11 heterocycles. The average molecular weight is 2110 g/mol. The number of rotatable bonds is 15. The average Bonchev–Trinajstić information content (AvgIpc) is 1.61. The number of ketones is 4. The van der Waals surface area contributed by atoms with Crippen molar-refractivity contribution in [3.05, 3.63) is 293 Å². The second-order valence-corrected chi connectivity index (χ2v) is 34.5. The van der Waals surface area contributed by atoms with Gasteiger partial charge in [0.2, 0.25) is 0 Å². The number of piperidine rings is 1. The van der Waals surface area contributed by atoms with Crippen LogP contribution in [0.1, 0.15) is 185 Å². The van der Waals surface area contributed by atoms with Crippen molar-refractivity contribution in [3.63, 3.8) is 0 Å². The molecule has 1 aliphatic heterocycles. The minimum absolute atomic E-state index is 0. The van der Waals surface area contributed by atoms with E-state index < -0.39 is 18.3 Å². The molecule has 32 heteroatoms. The number of halogens is 3. The molecule has 5 aromatic carbocycles. The number of aromatic nitrogens is 10. The fourth-order valence-corrected chi connectivity index (χ4v) is 16.6. The van der Waals surface area contributed by atoms with Gasteiger partial charge in [-0.1, -0.05) is 95.0 Å². The van der Waals surface area contributed by atoms with Crippen LogP contribution in [-0.2, 0) is 14.2 Å². The minimum Gasteiger partial charge on any atom is -0.436 e. The Balaban J connectivity index is 0.000000244. The smallest absolute Gasteiger partial charge is 0.410 e. The SMILES string of the molecule is C.C.C.C.C.CC(=O)c1c(C)n(-c2ccc(C#N)cc2)c2cc(Br)cnc12.CC(=O)c1c(C)n(-c2ccc(C#N)cc2)c2cc(C#CCOC(=O)N(C)C)cnc12.Cc1c(C(=O)CBr)c2ncc(C#CCOC(=O)N(C)C)cc2n1-c1ccc(C#N)cc1.Cc1c(C(=O)CN2CCCCC2)c2ncc(C#CCOC(=O)N(C)C)cc2n1-c1ccc(C#N)cc1.Cc1cc2ncc(Br)cc2n1-c1ccc(C#N)cc1. The summed E-state index contributed by atoms with van der Waals surface area (Å²) in [7, 11) is 9.60. The van der Waals surface area contributed by atoms with Crippen molar-refractivity contribution in [3.8, 4) is 94.3 Å². The Bertz CT molecular complexity index is 7710. The molecule has 29 nitrogen and oxygen atoms in total. The Morgan fingerprint density at radius 1 is 0.350 bits per heavy atom. The van der Waals surface area contributed by atoms with Gasteiger partial charge in [-0.2, -0.15) is 26.3 Å². The number of hydrogen-bond acceptors (Lipinski definition) is 21. The molecular weight excluding hydrogens is 2000 g/mol. The molecule has 1 saturated heterocycles. The van der Waals surface area contributed by atoms with Crippen molar-refractivity contribution in [2.75, 3.05) is 87.1 Å². The molecule has 10 aromatic heterocycles. The van der Waals surface area contributed by atoms with E-state index in [1.54, 1.807) is 129 Å². The molecule has 0 bridgehead atoms. The molecule has 1 aliphatic rings. The number of nitrogens with zero attached hydrogens (tertiary/aromatic N) is 19. The fourth-order valence-electron chi connectivity index (χ4n) is 15.7. The Morgan fingerprint density at radius 2 is 0.622 bits per heavy atom. The number of benzene rings is 5. The molecule has 0 unspecified atom stereocenters. The number of carbonyl (C=O) groups is 7. The first-order valence-electron chi connectivity index (χ1n) is 43.0. The van der Waals surface area contributed by atoms with Gasteiger partial charge in [-0.3, -0.25) is 49.0 Å². The number of carbonyl (C=O) groups excluding carboxylic acids is 7. The van der Waals surface area contributed by atoms with Crippen LogP contribution in [0.2, 0.25) is 0 Å². The lowest BCUT2D eigenvalue weighted by atomic mass is 10.1. The summed E-state index contributed by atoms with van der Waals surface area (Å²) in [5, 5.41) is 45.3. The maximum atomic E-state index is 13.5. The summed E-state index contributed by atoms with van der Waals surface area (Å²) in [5.74, 6) is 17.2. The van der Waals surface area contributed by atoms with Gasteiger partial charge in [0.05, 0.1) is 147 Å². The van der Waals surface area contributed by atoms with Crippen LogP contribution in [0.5, 0.6) is 0 Å². The third-order valence-electron chi connectivity index (χ3n) is 22.0. The van der Waals surface area contributed by atoms with Crippen molar-refractivity contribution in [2.45, 2.75) is 105 Å². The van der Waals surface area contributed by atoms with Crippen LogP contribution < -0.4 is 0 Å². The van der Waals surface area contributed by atoms with Crippen LogP contribution >= 0.6 is 47.8 Å². The third-order valence-corrected chi connectivity index (χ3v) is 23.4. The first kappa shape index (κ1) is 114. The van der Waals surface area contributed by atoms with Crippen molar-refractivity contribution >= 4 is 144 Å². The van der Waals surface area contributed by atoms with Crippen LogP contribution in [0, 0.1) is 127 Å². The van der Waals surface area contributed by atoms with E-state index >= 15 is 0 Å². The van der Waals surface area contributed by atoms with Gasteiger partial charge in [0.15, 0.2) is 43.0 Å². The van der Waals surface area contributed by atoms with E-state index in [2.05, 4.69) is 154 Å². The summed E-state index contributed by atoms with van der Waals surface area (Å²) >= 11 is 10.1. The van der Waals surface area contributed by atoms with Gasteiger partial charge in [0, 0.05) is 156 Å². The standard InChI is InChI=1S/C28H29N5O3.C23H19BrN4O3.C23H20N4O3.C17H12BrN3O.C15H10BrN3.5CH4/c1-20-26(25(34)19-32-13-5-4-6-14-32)27-24(33(20)23-11-9-21(17-29)10-12-23)16-22(18-30-27)8-7-15-36-28(35)31(2)3;1-15-21(20(29)12-24)22-19(28(15)18-8-6-16(13-25)7-9-18)11-17(14-26-22)5-4-10-31-23(30)27(2)3;1-15-21(16(2)28)22-20(27(15)19-9-7-17(13-24)8-10-19)12-18(14-25-22)6-5-11-30-23(29)26(3)4;1-10-16(11(2)22)17-15(7-13(18)9-20-17)21(10)14-5-3-12(8-19)4-6-14;1-10-6-14-15(7-12(16)9-18-14)19(10)13-4-2-11(8-17)3-5-13;;;;;/h9-12,16,18H,4-6,13-15,19H2,1-3H3;6-9,11,14H,10,12H2,1-3H3;7-10,12,14H,11H2,1-4H3;3-7,9H,1-2H3;2-7,9H,1H3;5*1H4. The topological polar surface area (TPSA) is 368 Å². The number of fused-ring (bicyclic) bond motifs is 5. The number of aryl methyl sites for hydroxylation is 1. The van der Waals surface area contributed by atoms with E-state index in [1.807, 2.05) is 156 Å². The lowest BCUT2D eigenvalue weighted by Crippen LogP contribution is -2.34. The molecule has 15 aromatic rings. The summed E-state index contributed by atoms with van der Waals surface area (Å²) in [6, 6.07) is 58.5. The molecule has 16 rings (SSSR count). The first-order chi connectivity index (χ1) is 66.3. The summed E-state index contributed by atoms with van der Waals surface area (Å²) < 4.78 is 26.8. The maximum Gasteiger partial charge on any atom is 0.410 e. The Labute approximate surface area is 858 Å². The van der Waals surface area contributed by atoms with Gasteiger partial charge in [0.25, 0.3) is 0 Å². The van der Waals surface area contributed by atoms with Crippen LogP contribution in [0.4, 0.5) is 14.4 Å². The minimum atomic E-state index is -0.467. The molecule has 0 saturated carbocycles. The van der Waals surface area contributed by atoms with Crippen LogP contribution in [0.25, 0.3) is 83.6 Å². The van der Waals surface area contributed by atoms with E-state index in [1.165, 1.54) is 28.0 Å². The van der Waals surface area contributed by atoms with Crippen LogP contribution in [-0.4, -0.2) is 196 Å². The molecule has 0 spiro atoms. The van der Waals surface area contributed by atoms with Crippen LogP contribution in [0.3, 0.4) is 0 Å². The number of nitriles is 5. The van der Waals surface area contributed by atoms with Gasteiger partial charge in [-0.25, -0.2) is 14.4 Å². The van der Waals surface area contributed by atoms with Crippen LogP contribution in [0.15, 0.2) is 198 Å². The Kier molecular flexibility index (Phi) is 41.3. The Morgan fingerprint density at radius 3 is 0.923 bits per heavy atom. The molecule has 0 aliphatic carbocycles. The third kappa shape index (κ3) is 26.8. The number of likely N-dealkylation sites (tertiary alicyclic amines) is 1. The number of Topliss-reactive ketones (excluding diaryl/α,β-unsaturated/α-hetero) is 4. The number of alkyl halides is 1. The largest absolute Gasteiger partial charge is 0.436 e. The van der Waals surface area contributed by atoms with E-state index in [9.17, 15) is 38.8 Å². The molecule has 1 fully saturated rings. The quantitative estimate of drug-likeness (QED) is 0.0398. The number of ether oxygens (including phenoxy) is 3. The zero-order valence-electron chi connectivity index (χ0n) is 77.7. The van der Waals surface area contributed by atoms with E-state index in [-0.39, 0.29) is 85.4 Å². The van der Waals surface area contributed by atoms with Gasteiger partial charge in [0.1, 0.15) is 0 Å². The fraction of sp³-hybridized carbons (Fsp3) is 0.252.